The van der Waals surface area contributed by atoms with Crippen molar-refractivity contribution in [2.24, 2.45) is 0 Å². The van der Waals surface area contributed by atoms with E-state index in [0.717, 1.165) is 0 Å². The smallest absolute Gasteiger partial charge is 0.0146 e. The summed E-state index contributed by atoms with van der Waals surface area (Å²) in [5.74, 6) is 0. The molecule has 0 aliphatic carbocycles. The summed E-state index contributed by atoms with van der Waals surface area (Å²) >= 11 is 0. The van der Waals surface area contributed by atoms with Crippen molar-refractivity contribution in [3.63, 3.8) is 0 Å². The maximum atomic E-state index is 2.29. The fourth-order valence-corrected chi connectivity index (χ4v) is 3.00. The standard InChI is InChI=1S/C22H22.C4H10.C2H6/c1-15-5-7-19(8-6-15)9-10-20-13-18(4)21-12-16(2)11-17(3)22(21)14-20;1-3-4-2;1-2/h5-14H,1-4H3;3-4H2,1-2H3;1-2H3/b10-9+;;. The van der Waals surface area contributed by atoms with Crippen molar-refractivity contribution in [2.45, 2.75) is 68.2 Å². The molecule has 0 amide bonds. The first-order chi connectivity index (χ1) is 13.4. The molecule has 0 heterocycles. The summed E-state index contributed by atoms with van der Waals surface area (Å²) < 4.78 is 0. The third-order valence-corrected chi connectivity index (χ3v) is 4.70. The Balaban J connectivity index is 0.000000583. The van der Waals surface area contributed by atoms with Gasteiger partial charge in [-0.1, -0.05) is 106 Å². The van der Waals surface area contributed by atoms with Crippen LogP contribution in [-0.4, -0.2) is 0 Å². The molecule has 0 nitrogen and oxygen atoms in total. The fourth-order valence-electron chi connectivity index (χ4n) is 3.00. The summed E-state index contributed by atoms with van der Waals surface area (Å²) in [4.78, 5) is 0. The number of rotatable bonds is 3. The second-order valence-corrected chi connectivity index (χ2v) is 7.26. The molecule has 0 aromatic heterocycles. The molecule has 0 atom stereocenters. The van der Waals surface area contributed by atoms with Gasteiger partial charge in [0.1, 0.15) is 0 Å². The van der Waals surface area contributed by atoms with Gasteiger partial charge >= 0.3 is 0 Å². The van der Waals surface area contributed by atoms with Gasteiger partial charge in [0.2, 0.25) is 0 Å². The first-order valence-electron chi connectivity index (χ1n) is 10.7. The number of aryl methyl sites for hydroxylation is 4. The summed E-state index contributed by atoms with van der Waals surface area (Å²) in [6, 6.07) is 17.7. The SMILES string of the molecule is CC.CCCC.Cc1ccc(/C=C/c2cc(C)c3cc(C)cc(C)c3c2)cc1. The molecular formula is C28H38. The number of hydrogen-bond donors (Lipinski definition) is 0. The zero-order chi connectivity index (χ0) is 21.1. The third kappa shape index (κ3) is 7.00. The zero-order valence-electron chi connectivity index (χ0n) is 19.2. The maximum Gasteiger partial charge on any atom is -0.0146 e. The molecule has 0 fully saturated rings. The Hall–Kier alpha value is -2.34. The normalized spacial score (nSPS) is 10.3. The highest BCUT2D eigenvalue weighted by Gasteiger charge is 2.03. The molecular weight excluding hydrogens is 336 g/mol. The van der Waals surface area contributed by atoms with E-state index in [0.29, 0.717) is 0 Å². The number of fused-ring (bicyclic) bond motifs is 1. The lowest BCUT2D eigenvalue weighted by Gasteiger charge is -2.09. The molecule has 0 heteroatoms. The van der Waals surface area contributed by atoms with Gasteiger partial charge in [-0.05, 0) is 66.8 Å². The Labute approximate surface area is 173 Å². The van der Waals surface area contributed by atoms with Crippen molar-refractivity contribution in [3.8, 4) is 0 Å². The topological polar surface area (TPSA) is 0 Å². The van der Waals surface area contributed by atoms with Crippen LogP contribution in [0.15, 0.2) is 48.5 Å². The summed E-state index contributed by atoms with van der Waals surface area (Å²) in [5, 5.41) is 2.72. The summed E-state index contributed by atoms with van der Waals surface area (Å²) in [6.07, 6.45) is 7.03. The van der Waals surface area contributed by atoms with Crippen LogP contribution in [0.25, 0.3) is 22.9 Å². The van der Waals surface area contributed by atoms with Crippen molar-refractivity contribution in [1.29, 1.82) is 0 Å². The molecule has 0 radical (unpaired) electrons. The highest BCUT2D eigenvalue weighted by atomic mass is 14.1. The Kier molecular flexibility index (Phi) is 10.3. The average molecular weight is 375 g/mol. The molecule has 0 N–H and O–H groups in total. The van der Waals surface area contributed by atoms with Gasteiger partial charge in [-0.3, -0.25) is 0 Å². The molecule has 150 valence electrons. The van der Waals surface area contributed by atoms with Crippen LogP contribution in [0, 0.1) is 27.7 Å². The number of benzene rings is 3. The summed E-state index contributed by atoms with van der Waals surface area (Å²) in [7, 11) is 0. The van der Waals surface area contributed by atoms with Crippen LogP contribution < -0.4 is 0 Å². The van der Waals surface area contributed by atoms with E-state index < -0.39 is 0 Å². The lowest BCUT2D eigenvalue weighted by Crippen LogP contribution is -1.87. The highest BCUT2D eigenvalue weighted by molar-refractivity contribution is 5.91. The van der Waals surface area contributed by atoms with Crippen LogP contribution in [0.1, 0.15) is 73.9 Å². The molecule has 0 unspecified atom stereocenters. The van der Waals surface area contributed by atoms with E-state index >= 15 is 0 Å². The molecule has 0 bridgehead atoms. The van der Waals surface area contributed by atoms with Crippen molar-refractivity contribution in [1.82, 2.24) is 0 Å². The molecule has 3 aromatic rings. The zero-order valence-corrected chi connectivity index (χ0v) is 19.2. The molecule has 3 rings (SSSR count). The van der Waals surface area contributed by atoms with Gasteiger partial charge in [-0.2, -0.15) is 0 Å². The molecule has 0 aliphatic heterocycles. The van der Waals surface area contributed by atoms with Gasteiger partial charge in [0.05, 0.1) is 0 Å². The largest absolute Gasteiger partial charge is 0.0683 e. The molecule has 28 heavy (non-hydrogen) atoms. The van der Waals surface area contributed by atoms with Gasteiger partial charge in [-0.25, -0.2) is 0 Å². The molecule has 0 spiro atoms. The van der Waals surface area contributed by atoms with E-state index in [1.807, 2.05) is 13.8 Å². The quantitative estimate of drug-likeness (QED) is 0.401. The lowest BCUT2D eigenvalue weighted by molar-refractivity contribution is 0.886. The molecule has 0 saturated carbocycles. The monoisotopic (exact) mass is 374 g/mol. The third-order valence-electron chi connectivity index (χ3n) is 4.70. The van der Waals surface area contributed by atoms with E-state index in [2.05, 4.69) is 102 Å². The van der Waals surface area contributed by atoms with E-state index in [4.69, 9.17) is 0 Å². The van der Waals surface area contributed by atoms with Crippen molar-refractivity contribution in [3.05, 3.63) is 81.9 Å². The highest BCUT2D eigenvalue weighted by Crippen LogP contribution is 2.26. The predicted molar refractivity (Wildman–Crippen MR) is 130 cm³/mol. The lowest BCUT2D eigenvalue weighted by atomic mass is 9.96. The van der Waals surface area contributed by atoms with Gasteiger partial charge in [-0.15, -0.1) is 0 Å². The second kappa shape index (κ2) is 12.2. The second-order valence-electron chi connectivity index (χ2n) is 7.26. The molecule has 0 aliphatic rings. The van der Waals surface area contributed by atoms with E-state index in [-0.39, 0.29) is 0 Å². The first-order valence-corrected chi connectivity index (χ1v) is 10.7. The maximum absolute atomic E-state index is 2.29. The van der Waals surface area contributed by atoms with Gasteiger partial charge < -0.3 is 0 Å². The van der Waals surface area contributed by atoms with Crippen LogP contribution in [-0.2, 0) is 0 Å². The Bertz CT molecular complexity index is 878. The van der Waals surface area contributed by atoms with Gasteiger partial charge in [0.25, 0.3) is 0 Å². The first kappa shape index (κ1) is 23.7. The predicted octanol–water partition coefficient (Wildman–Crippen LogP) is 9.08. The summed E-state index contributed by atoms with van der Waals surface area (Å²) in [5.41, 5.74) is 7.82. The summed E-state index contributed by atoms with van der Waals surface area (Å²) in [6.45, 7) is 17.0. The Morgan fingerprint density at radius 2 is 1.07 bits per heavy atom. The van der Waals surface area contributed by atoms with Crippen LogP contribution >= 0.6 is 0 Å². The van der Waals surface area contributed by atoms with Gasteiger partial charge in [0, 0.05) is 0 Å². The Morgan fingerprint density at radius 1 is 0.571 bits per heavy atom. The van der Waals surface area contributed by atoms with Crippen LogP contribution in [0.2, 0.25) is 0 Å². The van der Waals surface area contributed by atoms with Crippen molar-refractivity contribution < 1.29 is 0 Å². The van der Waals surface area contributed by atoms with E-state index in [1.54, 1.807) is 0 Å². The molecule has 0 saturated heterocycles. The van der Waals surface area contributed by atoms with Gasteiger partial charge in [0.15, 0.2) is 0 Å². The Morgan fingerprint density at radius 3 is 1.64 bits per heavy atom. The minimum Gasteiger partial charge on any atom is -0.0683 e. The van der Waals surface area contributed by atoms with Crippen LogP contribution in [0.5, 0.6) is 0 Å². The number of unbranched alkanes of at least 4 members (excludes halogenated alkanes) is 1. The van der Waals surface area contributed by atoms with Crippen molar-refractivity contribution in [2.75, 3.05) is 0 Å². The molecule has 3 aromatic carbocycles. The minimum atomic E-state index is 1.24. The van der Waals surface area contributed by atoms with E-state index in [9.17, 15) is 0 Å². The van der Waals surface area contributed by atoms with Crippen LogP contribution in [0.3, 0.4) is 0 Å². The fraction of sp³-hybridized carbons (Fsp3) is 0.357. The number of hydrogen-bond acceptors (Lipinski definition) is 0. The minimum absolute atomic E-state index is 1.24. The van der Waals surface area contributed by atoms with Crippen molar-refractivity contribution >= 4 is 22.9 Å². The van der Waals surface area contributed by atoms with Crippen LogP contribution in [0.4, 0.5) is 0 Å². The van der Waals surface area contributed by atoms with E-state index in [1.165, 1.54) is 57.0 Å². The average Bonchev–Trinajstić information content (AvgIpc) is 2.70.